The van der Waals surface area contributed by atoms with E-state index < -0.39 is 0 Å². The van der Waals surface area contributed by atoms with Crippen LogP contribution in [0.4, 0.5) is 4.39 Å². The molecule has 2 heteroatoms. The van der Waals surface area contributed by atoms with Crippen LogP contribution in [0.5, 0.6) is 0 Å². The second-order valence-electron chi connectivity index (χ2n) is 2.62. The predicted octanol–water partition coefficient (Wildman–Crippen LogP) is 1.59. The number of rotatable bonds is 5. The zero-order chi connectivity index (χ0) is 7.11. The minimum Gasteiger partial charge on any atom is -0.314 e. The van der Waals surface area contributed by atoms with E-state index in [1.165, 1.54) is 0 Å². The fourth-order valence-corrected chi connectivity index (χ4v) is 0.583. The minimum atomic E-state index is -0.252. The molecular formula is C7H16FN. The van der Waals surface area contributed by atoms with Gasteiger partial charge in [-0.05, 0) is 18.9 Å². The van der Waals surface area contributed by atoms with E-state index in [4.69, 9.17) is 0 Å². The van der Waals surface area contributed by atoms with Crippen molar-refractivity contribution in [2.45, 2.75) is 20.3 Å². The van der Waals surface area contributed by atoms with Crippen molar-refractivity contribution >= 4 is 0 Å². The molecule has 0 atom stereocenters. The van der Waals surface area contributed by atoms with Crippen molar-refractivity contribution < 1.29 is 4.39 Å². The van der Waals surface area contributed by atoms with Crippen LogP contribution in [0.3, 0.4) is 0 Å². The van der Waals surface area contributed by atoms with Gasteiger partial charge in [0.1, 0.15) is 6.67 Å². The van der Waals surface area contributed by atoms with Gasteiger partial charge in [-0.25, -0.2) is 4.39 Å². The second kappa shape index (κ2) is 6.02. The van der Waals surface area contributed by atoms with Gasteiger partial charge in [0.15, 0.2) is 0 Å². The molecule has 0 spiro atoms. The monoisotopic (exact) mass is 133 g/mol. The molecule has 0 bridgehead atoms. The number of alkyl halides is 1. The smallest absolute Gasteiger partial charge is 0.102 e. The highest BCUT2D eigenvalue weighted by Gasteiger charge is 1.91. The summed E-state index contributed by atoms with van der Waals surface area (Å²) in [6.07, 6.45) is 1.14. The maximum absolute atomic E-state index is 11.5. The first kappa shape index (κ1) is 8.89. The minimum absolute atomic E-state index is 0.252. The van der Waals surface area contributed by atoms with Crippen LogP contribution in [0.2, 0.25) is 0 Å². The van der Waals surface area contributed by atoms with E-state index in [-0.39, 0.29) is 6.67 Å². The summed E-state index contributed by atoms with van der Waals surface area (Å²) in [4.78, 5) is 0. The van der Waals surface area contributed by atoms with Gasteiger partial charge in [-0.3, -0.25) is 0 Å². The Hall–Kier alpha value is -0.110. The van der Waals surface area contributed by atoms with Gasteiger partial charge in [0.2, 0.25) is 0 Å². The lowest BCUT2D eigenvalue weighted by Gasteiger charge is -2.03. The van der Waals surface area contributed by atoms with Gasteiger partial charge in [0.25, 0.3) is 0 Å². The van der Waals surface area contributed by atoms with E-state index in [0.717, 1.165) is 18.9 Å². The molecule has 0 aliphatic carbocycles. The van der Waals surface area contributed by atoms with Gasteiger partial charge in [-0.1, -0.05) is 13.8 Å². The van der Waals surface area contributed by atoms with Crippen molar-refractivity contribution in [2.75, 3.05) is 19.8 Å². The fourth-order valence-electron chi connectivity index (χ4n) is 0.583. The number of nitrogens with one attached hydrogen (secondary N) is 1. The summed E-state index contributed by atoms with van der Waals surface area (Å²) < 4.78 is 11.5. The first-order chi connectivity index (χ1) is 4.27. The highest BCUT2D eigenvalue weighted by Crippen LogP contribution is 1.95. The van der Waals surface area contributed by atoms with Gasteiger partial charge in [-0.15, -0.1) is 0 Å². The molecular weight excluding hydrogens is 117 g/mol. The molecule has 0 aromatic carbocycles. The highest BCUT2D eigenvalue weighted by molar-refractivity contribution is 4.49. The Labute approximate surface area is 56.6 Å². The maximum Gasteiger partial charge on any atom is 0.102 e. The molecule has 0 unspecified atom stereocenters. The Balaban J connectivity index is 2.75. The molecule has 0 aliphatic heterocycles. The van der Waals surface area contributed by atoms with E-state index in [0.29, 0.717) is 6.54 Å². The molecule has 0 rings (SSSR count). The first-order valence-corrected chi connectivity index (χ1v) is 3.54. The molecule has 0 aromatic rings. The van der Waals surface area contributed by atoms with Crippen LogP contribution in [0.1, 0.15) is 20.3 Å². The summed E-state index contributed by atoms with van der Waals surface area (Å²) >= 11 is 0. The molecule has 0 aliphatic rings. The van der Waals surface area contributed by atoms with Crippen molar-refractivity contribution in [1.29, 1.82) is 0 Å². The zero-order valence-electron chi connectivity index (χ0n) is 6.28. The molecule has 0 saturated carbocycles. The zero-order valence-corrected chi connectivity index (χ0v) is 6.28. The Bertz CT molecular complexity index is 54.9. The van der Waals surface area contributed by atoms with E-state index in [2.05, 4.69) is 19.2 Å². The van der Waals surface area contributed by atoms with E-state index in [1.807, 2.05) is 0 Å². The Morgan fingerprint density at radius 1 is 1.33 bits per heavy atom. The van der Waals surface area contributed by atoms with Crippen LogP contribution in [0.15, 0.2) is 0 Å². The summed E-state index contributed by atoms with van der Waals surface area (Å²) in [5, 5.41) is 2.99. The third kappa shape index (κ3) is 7.89. The van der Waals surface area contributed by atoms with Gasteiger partial charge < -0.3 is 5.32 Å². The summed E-state index contributed by atoms with van der Waals surface area (Å²) in [7, 11) is 0. The summed E-state index contributed by atoms with van der Waals surface area (Å²) in [6.45, 7) is 5.53. The van der Waals surface area contributed by atoms with Crippen LogP contribution in [-0.2, 0) is 0 Å². The topological polar surface area (TPSA) is 12.0 Å². The van der Waals surface area contributed by atoms with E-state index in [9.17, 15) is 4.39 Å². The number of halogens is 1. The molecule has 0 fully saturated rings. The predicted molar refractivity (Wildman–Crippen MR) is 38.3 cm³/mol. The van der Waals surface area contributed by atoms with Crippen molar-refractivity contribution in [3.05, 3.63) is 0 Å². The molecule has 1 N–H and O–H groups in total. The molecule has 1 nitrogen and oxygen atoms in total. The van der Waals surface area contributed by atoms with Crippen LogP contribution < -0.4 is 5.32 Å². The summed E-state index contributed by atoms with van der Waals surface area (Å²) in [6, 6.07) is 0. The first-order valence-electron chi connectivity index (χ1n) is 3.54. The van der Waals surface area contributed by atoms with Gasteiger partial charge in [0.05, 0.1) is 0 Å². The lowest BCUT2D eigenvalue weighted by atomic mass is 10.1. The Morgan fingerprint density at radius 3 is 2.44 bits per heavy atom. The average molecular weight is 133 g/mol. The lowest BCUT2D eigenvalue weighted by molar-refractivity contribution is 0.452. The standard InChI is InChI=1S/C7H16FN/c1-7(2)3-5-9-6-4-8/h7,9H,3-6H2,1-2H3. The maximum atomic E-state index is 11.5. The fraction of sp³-hybridized carbons (Fsp3) is 1.00. The number of hydrogen-bond acceptors (Lipinski definition) is 1. The van der Waals surface area contributed by atoms with Gasteiger partial charge in [-0.2, -0.15) is 0 Å². The van der Waals surface area contributed by atoms with Crippen molar-refractivity contribution in [3.8, 4) is 0 Å². The summed E-state index contributed by atoms with van der Waals surface area (Å²) in [5.41, 5.74) is 0. The van der Waals surface area contributed by atoms with Crippen LogP contribution in [0.25, 0.3) is 0 Å². The van der Waals surface area contributed by atoms with Crippen LogP contribution >= 0.6 is 0 Å². The summed E-state index contributed by atoms with van der Waals surface area (Å²) in [5.74, 6) is 0.720. The normalized spacial score (nSPS) is 10.7. The molecule has 0 amide bonds. The van der Waals surface area contributed by atoms with Crippen molar-refractivity contribution in [1.82, 2.24) is 5.32 Å². The molecule has 0 heterocycles. The Kier molecular flexibility index (Phi) is 5.94. The van der Waals surface area contributed by atoms with Gasteiger partial charge >= 0.3 is 0 Å². The third-order valence-electron chi connectivity index (χ3n) is 1.17. The molecule has 0 radical (unpaired) electrons. The van der Waals surface area contributed by atoms with Crippen molar-refractivity contribution in [2.24, 2.45) is 5.92 Å². The quantitative estimate of drug-likeness (QED) is 0.561. The number of hydrogen-bond donors (Lipinski definition) is 1. The average Bonchev–Trinajstić information content (AvgIpc) is 1.80. The molecule has 0 saturated heterocycles. The Morgan fingerprint density at radius 2 is 2.00 bits per heavy atom. The lowest BCUT2D eigenvalue weighted by Crippen LogP contribution is -2.19. The van der Waals surface area contributed by atoms with Gasteiger partial charge in [0, 0.05) is 6.54 Å². The highest BCUT2D eigenvalue weighted by atomic mass is 19.1. The van der Waals surface area contributed by atoms with E-state index in [1.54, 1.807) is 0 Å². The molecule has 0 aromatic heterocycles. The van der Waals surface area contributed by atoms with Crippen molar-refractivity contribution in [3.63, 3.8) is 0 Å². The largest absolute Gasteiger partial charge is 0.314 e. The van der Waals surface area contributed by atoms with Crippen LogP contribution in [0, 0.1) is 5.92 Å². The van der Waals surface area contributed by atoms with E-state index >= 15 is 0 Å². The van der Waals surface area contributed by atoms with Crippen LogP contribution in [-0.4, -0.2) is 19.8 Å². The third-order valence-corrected chi connectivity index (χ3v) is 1.17. The second-order valence-corrected chi connectivity index (χ2v) is 2.62. The SMILES string of the molecule is CC(C)CCNCCF. The molecule has 9 heavy (non-hydrogen) atoms. The molecule has 56 valence electrons.